The number of amides is 2. The van der Waals surface area contributed by atoms with Gasteiger partial charge in [0.1, 0.15) is 5.37 Å². The molecule has 0 N–H and O–H groups in total. The predicted octanol–water partition coefficient (Wildman–Crippen LogP) is 0.328. The molecule has 19 heavy (non-hydrogen) atoms. The predicted molar refractivity (Wildman–Crippen MR) is 66.4 cm³/mol. The van der Waals surface area contributed by atoms with Crippen LogP contribution >= 0.6 is 0 Å². The van der Waals surface area contributed by atoms with E-state index in [9.17, 15) is 18.0 Å². The molecule has 102 valence electrons. The van der Waals surface area contributed by atoms with Gasteiger partial charge in [-0.2, -0.15) is 0 Å². The van der Waals surface area contributed by atoms with Crippen LogP contribution in [0.4, 0.5) is 0 Å². The minimum absolute atomic E-state index is 0.0924. The van der Waals surface area contributed by atoms with Crippen LogP contribution in [0.25, 0.3) is 0 Å². The molecule has 3 fully saturated rings. The Balaban J connectivity index is 1.73. The van der Waals surface area contributed by atoms with Crippen molar-refractivity contribution in [1.29, 1.82) is 0 Å². The molecule has 6 heteroatoms. The summed E-state index contributed by atoms with van der Waals surface area (Å²) in [6.45, 7) is 0. The quantitative estimate of drug-likeness (QED) is 0.513. The summed E-state index contributed by atoms with van der Waals surface area (Å²) in [5.74, 6) is -0.711. The standard InChI is InChI=1S/C13H15NO4S/c15-12-10-7-3-4-8(6-7)11(10)13(16)14(12)9-2-1-5-19(9,17)18/h3-4,7-11H,1-2,5-6H2/t7-,8-,9-,10-,11+/m0/s1. The van der Waals surface area contributed by atoms with Crippen molar-refractivity contribution in [2.24, 2.45) is 23.7 Å². The Labute approximate surface area is 111 Å². The maximum Gasteiger partial charge on any atom is 0.234 e. The van der Waals surface area contributed by atoms with E-state index in [-0.39, 0.29) is 41.2 Å². The van der Waals surface area contributed by atoms with Crippen molar-refractivity contribution in [2.45, 2.75) is 24.6 Å². The SMILES string of the molecule is O=C1[C@@H]2[C@H](C(=O)N1[C@@H]1CCCS1(=O)=O)[C@H]1C=C[C@H]2C1. The maximum atomic E-state index is 12.5. The molecule has 4 aliphatic rings. The van der Waals surface area contributed by atoms with Crippen LogP contribution in [0.3, 0.4) is 0 Å². The average Bonchev–Trinajstić information content (AvgIpc) is 3.06. The Bertz CT molecular complexity index is 578. The minimum atomic E-state index is -3.32. The lowest BCUT2D eigenvalue weighted by atomic mass is 9.85. The second-order valence-electron chi connectivity index (χ2n) is 6.01. The van der Waals surface area contributed by atoms with Gasteiger partial charge < -0.3 is 0 Å². The van der Waals surface area contributed by atoms with Crippen molar-refractivity contribution in [3.05, 3.63) is 12.2 Å². The van der Waals surface area contributed by atoms with E-state index in [0.29, 0.717) is 12.8 Å². The zero-order valence-electron chi connectivity index (χ0n) is 10.4. The number of sulfone groups is 1. The van der Waals surface area contributed by atoms with Gasteiger partial charge >= 0.3 is 0 Å². The normalized spacial score (nSPS) is 46.3. The van der Waals surface area contributed by atoms with Crippen LogP contribution in [0, 0.1) is 23.7 Å². The Kier molecular flexibility index (Phi) is 2.13. The molecule has 1 saturated carbocycles. The van der Waals surface area contributed by atoms with E-state index in [4.69, 9.17) is 0 Å². The lowest BCUT2D eigenvalue weighted by Gasteiger charge is -2.23. The van der Waals surface area contributed by atoms with Gasteiger partial charge in [0.2, 0.25) is 11.8 Å². The van der Waals surface area contributed by atoms with Crippen molar-refractivity contribution in [3.8, 4) is 0 Å². The highest BCUT2D eigenvalue weighted by Gasteiger charge is 2.61. The molecular formula is C13H15NO4S. The zero-order valence-corrected chi connectivity index (χ0v) is 11.2. The summed E-state index contributed by atoms with van der Waals surface area (Å²) in [4.78, 5) is 26.0. The molecule has 2 heterocycles. The molecule has 0 unspecified atom stereocenters. The fourth-order valence-corrected chi connectivity index (χ4v) is 6.17. The number of imide groups is 1. The van der Waals surface area contributed by atoms with Crippen LogP contribution in [-0.4, -0.2) is 36.3 Å². The van der Waals surface area contributed by atoms with Crippen molar-refractivity contribution in [3.63, 3.8) is 0 Å². The second kappa shape index (κ2) is 3.48. The molecule has 2 amide bonds. The van der Waals surface area contributed by atoms with Crippen LogP contribution in [0.2, 0.25) is 0 Å². The van der Waals surface area contributed by atoms with Crippen LogP contribution in [0.15, 0.2) is 12.2 Å². The number of fused-ring (bicyclic) bond motifs is 5. The summed E-state index contributed by atoms with van der Waals surface area (Å²) < 4.78 is 24.0. The van der Waals surface area contributed by atoms with Crippen LogP contribution in [0.1, 0.15) is 19.3 Å². The third kappa shape index (κ3) is 1.33. The van der Waals surface area contributed by atoms with Gasteiger partial charge in [-0.1, -0.05) is 12.2 Å². The maximum absolute atomic E-state index is 12.5. The molecule has 0 aromatic carbocycles. The van der Waals surface area contributed by atoms with E-state index >= 15 is 0 Å². The van der Waals surface area contributed by atoms with E-state index in [1.165, 1.54) is 0 Å². The number of carbonyl (C=O) groups excluding carboxylic acids is 2. The number of hydrogen-bond acceptors (Lipinski definition) is 4. The van der Waals surface area contributed by atoms with Gasteiger partial charge in [-0.05, 0) is 31.1 Å². The molecule has 2 bridgehead atoms. The highest BCUT2D eigenvalue weighted by molar-refractivity contribution is 7.92. The zero-order chi connectivity index (χ0) is 13.4. The number of nitrogens with zero attached hydrogens (tertiary/aromatic N) is 1. The Morgan fingerprint density at radius 3 is 2.11 bits per heavy atom. The Hall–Kier alpha value is -1.17. The molecule has 0 aromatic rings. The highest BCUT2D eigenvalue weighted by Crippen LogP contribution is 2.53. The fraction of sp³-hybridized carbons (Fsp3) is 0.692. The molecule has 2 aliphatic heterocycles. The third-order valence-electron chi connectivity index (χ3n) is 5.09. The number of likely N-dealkylation sites (tertiary alicyclic amines) is 1. The molecule has 2 saturated heterocycles. The summed E-state index contributed by atoms with van der Waals surface area (Å²) in [5, 5.41) is -0.891. The lowest BCUT2D eigenvalue weighted by molar-refractivity contribution is -0.141. The Morgan fingerprint density at radius 2 is 1.63 bits per heavy atom. The van der Waals surface area contributed by atoms with Crippen LogP contribution < -0.4 is 0 Å². The summed E-state index contributed by atoms with van der Waals surface area (Å²) >= 11 is 0. The number of allylic oxidation sites excluding steroid dienone is 2. The number of carbonyl (C=O) groups is 2. The molecular weight excluding hydrogens is 266 g/mol. The van der Waals surface area contributed by atoms with Crippen LogP contribution in [-0.2, 0) is 19.4 Å². The number of rotatable bonds is 1. The second-order valence-corrected chi connectivity index (χ2v) is 8.29. The molecule has 0 spiro atoms. The molecule has 0 aromatic heterocycles. The van der Waals surface area contributed by atoms with Crippen molar-refractivity contribution >= 4 is 21.7 Å². The van der Waals surface area contributed by atoms with E-state index in [1.54, 1.807) is 0 Å². The first kappa shape index (κ1) is 11.6. The molecule has 4 rings (SSSR count). The van der Waals surface area contributed by atoms with E-state index in [0.717, 1.165) is 11.3 Å². The van der Waals surface area contributed by atoms with Gasteiger partial charge in [-0.3, -0.25) is 14.5 Å². The van der Waals surface area contributed by atoms with Gasteiger partial charge in [-0.15, -0.1) is 0 Å². The average molecular weight is 281 g/mol. The minimum Gasteiger partial charge on any atom is -0.274 e. The van der Waals surface area contributed by atoms with Gasteiger partial charge in [0.15, 0.2) is 9.84 Å². The van der Waals surface area contributed by atoms with Gasteiger partial charge in [0.05, 0.1) is 17.6 Å². The van der Waals surface area contributed by atoms with Gasteiger partial charge in [-0.25, -0.2) is 8.42 Å². The Morgan fingerprint density at radius 1 is 1.05 bits per heavy atom. The lowest BCUT2D eigenvalue weighted by Crippen LogP contribution is -2.44. The van der Waals surface area contributed by atoms with Crippen LogP contribution in [0.5, 0.6) is 0 Å². The molecule has 5 nitrogen and oxygen atoms in total. The fourth-order valence-electron chi connectivity index (χ4n) is 4.27. The summed E-state index contributed by atoms with van der Waals surface area (Å²) in [6, 6.07) is 0. The first-order valence-electron chi connectivity index (χ1n) is 6.77. The molecule has 0 radical (unpaired) electrons. The van der Waals surface area contributed by atoms with E-state index in [2.05, 4.69) is 0 Å². The third-order valence-corrected chi connectivity index (χ3v) is 7.22. The molecule has 5 atom stereocenters. The topological polar surface area (TPSA) is 71.5 Å². The van der Waals surface area contributed by atoms with Crippen molar-refractivity contribution < 1.29 is 18.0 Å². The number of hydrogen-bond donors (Lipinski definition) is 0. The van der Waals surface area contributed by atoms with E-state index < -0.39 is 15.2 Å². The van der Waals surface area contributed by atoms with E-state index in [1.807, 2.05) is 12.2 Å². The van der Waals surface area contributed by atoms with Gasteiger partial charge in [0, 0.05) is 0 Å². The first-order chi connectivity index (χ1) is 9.00. The monoisotopic (exact) mass is 281 g/mol. The summed E-state index contributed by atoms with van der Waals surface area (Å²) in [7, 11) is -3.32. The first-order valence-corrected chi connectivity index (χ1v) is 8.49. The largest absolute Gasteiger partial charge is 0.274 e. The summed E-state index contributed by atoms with van der Waals surface area (Å²) in [5.41, 5.74) is 0. The smallest absolute Gasteiger partial charge is 0.234 e. The molecule has 2 aliphatic carbocycles. The summed E-state index contributed by atoms with van der Waals surface area (Å²) in [6.07, 6.45) is 5.86. The van der Waals surface area contributed by atoms with Crippen molar-refractivity contribution in [1.82, 2.24) is 4.90 Å². The van der Waals surface area contributed by atoms with Crippen molar-refractivity contribution in [2.75, 3.05) is 5.75 Å². The van der Waals surface area contributed by atoms with Gasteiger partial charge in [0.25, 0.3) is 0 Å². The highest BCUT2D eigenvalue weighted by atomic mass is 32.2.